The molecule has 92 valence electrons. The third-order valence-electron chi connectivity index (χ3n) is 2.65. The zero-order valence-corrected chi connectivity index (χ0v) is 11.4. The quantitative estimate of drug-likeness (QED) is 0.754. The van der Waals surface area contributed by atoms with Gasteiger partial charge in [-0.3, -0.25) is 0 Å². The monoisotopic (exact) mass is 249 g/mol. The van der Waals surface area contributed by atoms with Gasteiger partial charge >= 0.3 is 0 Å². The first-order valence-electron chi connectivity index (χ1n) is 5.90. The highest BCUT2D eigenvalue weighted by Crippen LogP contribution is 2.28. The van der Waals surface area contributed by atoms with Crippen molar-refractivity contribution in [2.24, 2.45) is 0 Å². The van der Waals surface area contributed by atoms with Crippen LogP contribution in [0.3, 0.4) is 0 Å². The van der Waals surface area contributed by atoms with Gasteiger partial charge in [0.25, 0.3) is 0 Å². The van der Waals surface area contributed by atoms with Crippen LogP contribution in [-0.4, -0.2) is 25.8 Å². The summed E-state index contributed by atoms with van der Waals surface area (Å²) >= 11 is 0. The molecule has 0 radical (unpaired) electrons. The van der Waals surface area contributed by atoms with E-state index in [1.807, 2.05) is 43.3 Å². The van der Waals surface area contributed by atoms with Crippen LogP contribution in [-0.2, 0) is 11.0 Å². The highest BCUT2D eigenvalue weighted by molar-refractivity contribution is 7.84. The zero-order valence-electron chi connectivity index (χ0n) is 10.6. The summed E-state index contributed by atoms with van der Waals surface area (Å²) < 4.78 is 13.9. The Morgan fingerprint density at radius 3 is 2.53 bits per heavy atom. The molecule has 2 nitrogen and oxygen atoms in total. The highest BCUT2D eigenvalue weighted by atomic mass is 32.2. The van der Waals surface area contributed by atoms with Gasteiger partial charge in [0.05, 0.1) is 10.8 Å². The van der Waals surface area contributed by atoms with E-state index in [2.05, 4.69) is 24.3 Å². The minimum atomic E-state index is -0.884. The Kier molecular flexibility index (Phi) is 3.50. The largest absolute Gasteiger partial charge is 0.242 e. The molecule has 17 heavy (non-hydrogen) atoms. The van der Waals surface area contributed by atoms with Crippen LogP contribution < -0.4 is 0 Å². The van der Waals surface area contributed by atoms with Crippen LogP contribution in [0, 0.1) is 0 Å². The van der Waals surface area contributed by atoms with Gasteiger partial charge in [-0.05, 0) is 26.3 Å². The minimum absolute atomic E-state index is 0.157. The number of nitrogens with zero attached hydrogens (tertiary/aromatic N) is 1. The van der Waals surface area contributed by atoms with Crippen molar-refractivity contribution in [1.82, 2.24) is 4.31 Å². The second-order valence-electron chi connectivity index (χ2n) is 5.30. The van der Waals surface area contributed by atoms with E-state index in [0.29, 0.717) is 6.04 Å². The smallest absolute Gasteiger partial charge is 0.100 e. The van der Waals surface area contributed by atoms with E-state index < -0.39 is 11.0 Å². The lowest BCUT2D eigenvalue weighted by atomic mass is 10.2. The van der Waals surface area contributed by atoms with Crippen molar-refractivity contribution in [1.29, 1.82) is 0 Å². The van der Waals surface area contributed by atoms with Crippen molar-refractivity contribution in [3.8, 4) is 0 Å². The van der Waals surface area contributed by atoms with E-state index in [0.717, 1.165) is 6.54 Å². The lowest BCUT2D eigenvalue weighted by molar-refractivity contribution is 0.612. The molecule has 1 aliphatic heterocycles. The molecule has 0 bridgehead atoms. The Hall–Kier alpha value is -0.930. The first-order chi connectivity index (χ1) is 7.98. The van der Waals surface area contributed by atoms with Gasteiger partial charge in [0.15, 0.2) is 0 Å². The molecule has 0 aromatic heterocycles. The van der Waals surface area contributed by atoms with E-state index >= 15 is 0 Å². The lowest BCUT2D eigenvalue weighted by Gasteiger charge is -2.17. The lowest BCUT2D eigenvalue weighted by Crippen LogP contribution is -2.27. The Balaban J connectivity index is 1.93. The van der Waals surface area contributed by atoms with Crippen LogP contribution >= 0.6 is 0 Å². The average molecular weight is 249 g/mol. The van der Waals surface area contributed by atoms with Crippen LogP contribution in [0.5, 0.6) is 0 Å². The Morgan fingerprint density at radius 1 is 1.29 bits per heavy atom. The predicted molar refractivity (Wildman–Crippen MR) is 73.9 cm³/mol. The summed E-state index contributed by atoms with van der Waals surface area (Å²) in [6.45, 7) is 6.95. The van der Waals surface area contributed by atoms with Gasteiger partial charge in [-0.25, -0.2) is 8.51 Å². The maximum atomic E-state index is 12.1. The summed E-state index contributed by atoms with van der Waals surface area (Å²) in [5.74, 6) is 0. The van der Waals surface area contributed by atoms with E-state index in [1.165, 1.54) is 5.56 Å². The maximum Gasteiger partial charge on any atom is 0.100 e. The molecule has 2 rings (SSSR count). The summed E-state index contributed by atoms with van der Waals surface area (Å²) in [7, 11) is -0.884. The molecular weight excluding hydrogens is 230 g/mol. The molecule has 1 saturated heterocycles. The molecule has 0 aliphatic carbocycles. The molecule has 0 amide bonds. The van der Waals surface area contributed by atoms with E-state index in [1.54, 1.807) is 0 Å². The van der Waals surface area contributed by atoms with E-state index in [4.69, 9.17) is 0 Å². The highest BCUT2D eigenvalue weighted by Gasteiger charge is 2.41. The van der Waals surface area contributed by atoms with Gasteiger partial charge < -0.3 is 0 Å². The molecule has 1 heterocycles. The second kappa shape index (κ2) is 4.75. The molecule has 0 spiro atoms. The molecule has 1 fully saturated rings. The summed E-state index contributed by atoms with van der Waals surface area (Å²) in [5.41, 5.74) is 1.20. The minimum Gasteiger partial charge on any atom is -0.242 e. The number of hydrogen-bond acceptors (Lipinski definition) is 1. The number of benzene rings is 1. The van der Waals surface area contributed by atoms with Crippen LogP contribution in [0.1, 0.15) is 26.3 Å². The molecule has 1 aliphatic rings. The summed E-state index contributed by atoms with van der Waals surface area (Å²) in [5, 5.41) is 0. The second-order valence-corrected chi connectivity index (χ2v) is 7.49. The van der Waals surface area contributed by atoms with Crippen LogP contribution in [0.4, 0.5) is 0 Å². The SMILES string of the molecule is CC(C)(C)S(=O)N1C[C@H]1/C=C/c1ccccc1. The molecule has 3 heteroatoms. The summed E-state index contributed by atoms with van der Waals surface area (Å²) in [4.78, 5) is 0. The van der Waals surface area contributed by atoms with E-state index in [9.17, 15) is 4.21 Å². The fraction of sp³-hybridized carbons (Fsp3) is 0.429. The molecule has 0 N–H and O–H groups in total. The third kappa shape index (κ3) is 3.27. The number of hydrogen-bond donors (Lipinski definition) is 0. The van der Waals surface area contributed by atoms with Crippen molar-refractivity contribution in [2.45, 2.75) is 31.6 Å². The van der Waals surface area contributed by atoms with Gasteiger partial charge in [0.1, 0.15) is 11.0 Å². The summed E-state index contributed by atoms with van der Waals surface area (Å²) in [6.07, 6.45) is 4.24. The Bertz CT molecular complexity index is 433. The standard InChI is InChI=1S/C14H19NOS/c1-14(2,3)17(16)15-11-13(15)10-9-12-7-5-4-6-8-12/h4-10,13H,11H2,1-3H3/b10-9+/t13-,15?,17?/m1/s1. The third-order valence-corrected chi connectivity index (χ3v) is 4.54. The average Bonchev–Trinajstić information content (AvgIpc) is 3.05. The predicted octanol–water partition coefficient (Wildman–Crippen LogP) is 2.85. The molecule has 3 atom stereocenters. The van der Waals surface area contributed by atoms with Gasteiger partial charge in [0.2, 0.25) is 0 Å². The van der Waals surface area contributed by atoms with Crippen LogP contribution in [0.2, 0.25) is 0 Å². The Labute approximate surface area is 106 Å². The molecule has 1 aromatic carbocycles. The van der Waals surface area contributed by atoms with E-state index in [-0.39, 0.29) is 4.75 Å². The van der Waals surface area contributed by atoms with Crippen molar-refractivity contribution in [3.63, 3.8) is 0 Å². The summed E-state index contributed by atoms with van der Waals surface area (Å²) in [6, 6.07) is 10.5. The van der Waals surface area contributed by atoms with Crippen molar-refractivity contribution in [3.05, 3.63) is 42.0 Å². The molecule has 1 aromatic rings. The fourth-order valence-electron chi connectivity index (χ4n) is 1.62. The maximum absolute atomic E-state index is 12.1. The molecule has 2 unspecified atom stereocenters. The van der Waals surface area contributed by atoms with Crippen LogP contribution in [0.25, 0.3) is 6.08 Å². The topological polar surface area (TPSA) is 20.1 Å². The molecular formula is C14H19NOS. The normalized spacial score (nSPS) is 26.1. The van der Waals surface area contributed by atoms with Gasteiger partial charge in [-0.15, -0.1) is 0 Å². The van der Waals surface area contributed by atoms with Crippen molar-refractivity contribution < 1.29 is 4.21 Å². The van der Waals surface area contributed by atoms with Gasteiger partial charge in [-0.1, -0.05) is 42.5 Å². The fourth-order valence-corrected chi connectivity index (χ4v) is 2.93. The Morgan fingerprint density at radius 2 is 1.94 bits per heavy atom. The first-order valence-corrected chi connectivity index (χ1v) is 7.01. The zero-order chi connectivity index (χ0) is 12.5. The van der Waals surface area contributed by atoms with Gasteiger partial charge in [0, 0.05) is 6.54 Å². The molecule has 0 saturated carbocycles. The first kappa shape index (κ1) is 12.5. The van der Waals surface area contributed by atoms with Crippen LogP contribution in [0.15, 0.2) is 36.4 Å². The van der Waals surface area contributed by atoms with Crippen molar-refractivity contribution in [2.75, 3.05) is 6.54 Å². The van der Waals surface area contributed by atoms with Crippen molar-refractivity contribution >= 4 is 17.1 Å². The van der Waals surface area contributed by atoms with Gasteiger partial charge in [-0.2, -0.15) is 0 Å². The number of rotatable bonds is 3.